The number of hydrogen-bond acceptors (Lipinski definition) is 4. The average Bonchev–Trinajstić information content (AvgIpc) is 4.24. The quantitative estimate of drug-likeness (QED) is 0.0689. The number of nitrogens with zero attached hydrogens (tertiary/aromatic N) is 4. The summed E-state index contributed by atoms with van der Waals surface area (Å²) >= 11 is -1.03. The van der Waals surface area contributed by atoms with Crippen molar-refractivity contribution < 1.29 is 32.7 Å². The predicted octanol–water partition coefficient (Wildman–Crippen LogP) is 13.2. The number of halogens is 1. The summed E-state index contributed by atoms with van der Waals surface area (Å²) in [5.74, 6) is 1.06. The number of fused-ring (bicyclic) bond motifs is 4. The van der Waals surface area contributed by atoms with E-state index in [2.05, 4.69) is 251 Å². The van der Waals surface area contributed by atoms with E-state index in [0.717, 1.165) is 96.1 Å². The van der Waals surface area contributed by atoms with Crippen molar-refractivity contribution in [1.29, 1.82) is 0 Å². The number of benzene rings is 4. The van der Waals surface area contributed by atoms with Crippen LogP contribution in [0.2, 0.25) is 0 Å². The molecule has 0 unspecified atom stereocenters. The molecule has 4 aromatic rings. The van der Waals surface area contributed by atoms with E-state index in [1.54, 1.807) is 0 Å². The van der Waals surface area contributed by atoms with Crippen LogP contribution in [0, 0.1) is 0 Å². The molecule has 2 aliphatic carbocycles. The van der Waals surface area contributed by atoms with Crippen LogP contribution in [0.4, 0.5) is 22.7 Å². The first-order valence-electron chi connectivity index (χ1n) is 30.0. The van der Waals surface area contributed by atoms with E-state index in [0.29, 0.717) is 0 Å². The second kappa shape index (κ2) is 23.3. The van der Waals surface area contributed by atoms with Crippen molar-refractivity contribution in [2.45, 2.75) is 169 Å². The van der Waals surface area contributed by atoms with Crippen molar-refractivity contribution in [3.05, 3.63) is 213 Å². The molecule has 414 valence electrons. The van der Waals surface area contributed by atoms with Crippen molar-refractivity contribution in [3.63, 3.8) is 0 Å². The number of hydrogen-bond donors (Lipinski definition) is 1. The molecule has 7 heteroatoms. The van der Waals surface area contributed by atoms with Gasteiger partial charge in [-0.1, -0.05) is 0 Å². The molecule has 6 aliphatic rings. The van der Waals surface area contributed by atoms with Gasteiger partial charge in [0, 0.05) is 0 Å². The standard InChI is InChI=1S/C72H89IN5O/c1-13-47-75-59-35-21-17-31-55(59)69(5,6)63(75)43-39-51-27-25-28-52(40-44-64-70(7,8)56-32-18-22-36-60(56)76(64)48-14-2)67(51)74-73-79-68-53(41-45-65-71(9,10)57-33-19-23-37-61(57)77(65)49-15-3)29-26-30-54(68)42-46-66-72(11,12)58-34-20-24-38-62(58)78(66)50-16-4/h17-24,31-46,74H,13-16,25-30,47-50H2,1-12H3/q+1/b51-39+,52-40+,63-43+,64-44+. The maximum atomic E-state index is 7.49. The molecule has 6 nitrogen and oxygen atoms in total. The van der Waals surface area contributed by atoms with E-state index < -0.39 is 21.9 Å². The normalized spacial score (nSPS) is 22.9. The molecule has 4 aliphatic heterocycles. The van der Waals surface area contributed by atoms with Crippen LogP contribution in [0.5, 0.6) is 0 Å². The molecule has 4 heterocycles. The summed E-state index contributed by atoms with van der Waals surface area (Å²) in [6.07, 6.45) is 30.1. The third kappa shape index (κ3) is 10.4. The van der Waals surface area contributed by atoms with Crippen LogP contribution in [0.1, 0.15) is 170 Å². The van der Waals surface area contributed by atoms with Crippen molar-refractivity contribution in [2.24, 2.45) is 0 Å². The minimum absolute atomic E-state index is 0.113. The van der Waals surface area contributed by atoms with E-state index in [-0.39, 0.29) is 21.7 Å². The second-order valence-corrected chi connectivity index (χ2v) is 26.2. The number of allylic oxidation sites excluding steroid dienone is 15. The topological polar surface area (TPSA) is 35.9 Å². The molecule has 1 fully saturated rings. The molecule has 1 N–H and O–H groups in total. The molecule has 0 saturated heterocycles. The Morgan fingerprint density at radius 3 is 1.37 bits per heavy atom. The van der Waals surface area contributed by atoms with E-state index in [1.165, 1.54) is 95.8 Å². The second-order valence-electron chi connectivity index (χ2n) is 24.8. The molecule has 79 heavy (non-hydrogen) atoms. The van der Waals surface area contributed by atoms with Gasteiger partial charge in [0.05, 0.1) is 0 Å². The van der Waals surface area contributed by atoms with Gasteiger partial charge in [-0.25, -0.2) is 0 Å². The molecule has 0 aromatic heterocycles. The third-order valence-electron chi connectivity index (χ3n) is 18.0. The Hall–Kier alpha value is -5.93. The van der Waals surface area contributed by atoms with Crippen LogP contribution in [-0.4, -0.2) is 42.2 Å². The van der Waals surface area contributed by atoms with Gasteiger partial charge in [0.1, 0.15) is 0 Å². The molecule has 0 bridgehead atoms. The fourth-order valence-corrected chi connectivity index (χ4v) is 15.7. The zero-order valence-corrected chi connectivity index (χ0v) is 52.0. The Bertz CT molecular complexity index is 3200. The van der Waals surface area contributed by atoms with Crippen LogP contribution < -0.4 is 39.8 Å². The zero-order chi connectivity index (χ0) is 55.7. The summed E-state index contributed by atoms with van der Waals surface area (Å²) in [7, 11) is 0. The van der Waals surface area contributed by atoms with Crippen LogP contribution in [0.25, 0.3) is 0 Å². The Balaban J connectivity index is 1.09. The van der Waals surface area contributed by atoms with Crippen molar-refractivity contribution >= 4 is 34.2 Å². The van der Waals surface area contributed by atoms with Crippen LogP contribution >= 0.6 is 0 Å². The summed E-state index contributed by atoms with van der Waals surface area (Å²) in [6.45, 7) is 32.4. The van der Waals surface area contributed by atoms with E-state index >= 15 is 0 Å². The summed E-state index contributed by atoms with van der Waals surface area (Å²) in [5, 5.41) is 0. The minimum atomic E-state index is -1.03. The monoisotopic (exact) mass is 1170 g/mol. The Morgan fingerprint density at radius 1 is 0.481 bits per heavy atom. The maximum absolute atomic E-state index is 7.49. The first kappa shape index (κ1) is 56.3. The molecule has 0 atom stereocenters. The van der Waals surface area contributed by atoms with E-state index in [4.69, 9.17) is 3.07 Å². The summed E-state index contributed by atoms with van der Waals surface area (Å²) in [6, 6.07) is 36.1. The van der Waals surface area contributed by atoms with Gasteiger partial charge in [0.15, 0.2) is 0 Å². The Morgan fingerprint density at radius 2 is 0.899 bits per heavy atom. The number of nitrogens with one attached hydrogen (secondary N) is 1. The van der Waals surface area contributed by atoms with Gasteiger partial charge in [-0.05, 0) is 0 Å². The van der Waals surface area contributed by atoms with Crippen molar-refractivity contribution in [2.75, 3.05) is 40.9 Å². The molecule has 0 radical (unpaired) electrons. The zero-order valence-electron chi connectivity index (χ0n) is 49.8. The molecule has 0 spiro atoms. The molecular weight excluding hydrogens is 1080 g/mol. The van der Waals surface area contributed by atoms with E-state index in [9.17, 15) is 0 Å². The SMILES string of the molecule is CCCN1/C(=C/C=C2\CCC/C(=C\C=C3\N(CCC)c4ccccc4C3(C)C)C2=[NH+][I-]OC2=C(/C=C/C3=[N+](CCC)c4ccccc4C3(C)C)CCC/C2=C\C=C2\N(CCC)c3ccccc3C2(C)C)C(C)(C)c2ccccc21. The number of para-hydroxylation sites is 4. The third-order valence-corrected chi connectivity index (χ3v) is 19.4. The van der Waals surface area contributed by atoms with Gasteiger partial charge in [-0.15, -0.1) is 0 Å². The van der Waals surface area contributed by atoms with Gasteiger partial charge >= 0.3 is 490 Å². The number of rotatable bonds is 16. The summed E-state index contributed by atoms with van der Waals surface area (Å²) < 4.78 is 14.2. The Kier molecular flexibility index (Phi) is 16.6. The first-order valence-corrected chi connectivity index (χ1v) is 32.0. The van der Waals surface area contributed by atoms with Gasteiger partial charge in [0.2, 0.25) is 0 Å². The van der Waals surface area contributed by atoms with Gasteiger partial charge < -0.3 is 0 Å². The van der Waals surface area contributed by atoms with Gasteiger partial charge in [-0.3, -0.25) is 0 Å². The van der Waals surface area contributed by atoms with Gasteiger partial charge in [0.25, 0.3) is 0 Å². The predicted molar refractivity (Wildman–Crippen MR) is 330 cm³/mol. The summed E-state index contributed by atoms with van der Waals surface area (Å²) in [5.41, 5.74) is 22.5. The first-order chi connectivity index (χ1) is 38.1. The average molecular weight is 1170 g/mol. The van der Waals surface area contributed by atoms with Crippen LogP contribution in [-0.2, 0) is 24.7 Å². The fraction of sp³-hybridized carbons (Fsp3) is 0.417. The van der Waals surface area contributed by atoms with E-state index in [1.807, 2.05) is 0 Å². The molecule has 0 amide bonds. The summed E-state index contributed by atoms with van der Waals surface area (Å²) in [4.78, 5) is 7.72. The fourth-order valence-electron chi connectivity index (χ4n) is 13.9. The Labute approximate surface area is 486 Å². The molecule has 1 saturated carbocycles. The molecular formula is C72H89IN5O+. The van der Waals surface area contributed by atoms with Crippen LogP contribution in [0.3, 0.4) is 0 Å². The molecule has 4 aromatic carbocycles. The van der Waals surface area contributed by atoms with Gasteiger partial charge in [-0.2, -0.15) is 0 Å². The molecule has 10 rings (SSSR count). The van der Waals surface area contributed by atoms with Crippen molar-refractivity contribution in [1.82, 2.24) is 0 Å². The van der Waals surface area contributed by atoms with Crippen molar-refractivity contribution in [3.8, 4) is 0 Å². The number of anilines is 3. The van der Waals surface area contributed by atoms with Crippen LogP contribution in [0.15, 0.2) is 191 Å².